The number of hydrogen-bond donors (Lipinski definition) is 4. The second-order valence-electron chi connectivity index (χ2n) is 5.01. The van der Waals surface area contributed by atoms with Gasteiger partial charge in [0.05, 0.1) is 6.61 Å². The van der Waals surface area contributed by atoms with E-state index in [1.165, 1.54) is 6.92 Å². The van der Waals surface area contributed by atoms with E-state index in [0.29, 0.717) is 0 Å². The van der Waals surface area contributed by atoms with Crippen LogP contribution in [0.1, 0.15) is 27.7 Å². The van der Waals surface area contributed by atoms with Crippen LogP contribution in [0.5, 0.6) is 0 Å². The minimum Gasteiger partial charge on any atom is -0.444 e. The van der Waals surface area contributed by atoms with Crippen LogP contribution in [0.15, 0.2) is 0 Å². The summed E-state index contributed by atoms with van der Waals surface area (Å²) in [6.45, 7) is 5.75. The first kappa shape index (κ1) is 17.2. The number of alkyl carbamates (subject to hydrolysis) is 1. The van der Waals surface area contributed by atoms with E-state index in [9.17, 15) is 14.4 Å². The van der Waals surface area contributed by atoms with Gasteiger partial charge in [-0.2, -0.15) is 0 Å². The molecular weight excluding hydrogens is 254 g/mol. The highest BCUT2D eigenvalue weighted by molar-refractivity contribution is 5.90. The van der Waals surface area contributed by atoms with Crippen molar-refractivity contribution in [1.82, 2.24) is 10.6 Å². The van der Waals surface area contributed by atoms with Crippen LogP contribution in [-0.2, 0) is 14.3 Å². The zero-order valence-corrected chi connectivity index (χ0v) is 11.5. The summed E-state index contributed by atoms with van der Waals surface area (Å²) < 4.78 is 4.94. The molecule has 0 aliphatic heterocycles. The van der Waals surface area contributed by atoms with Crippen LogP contribution < -0.4 is 16.4 Å². The van der Waals surface area contributed by atoms with Gasteiger partial charge in [0.1, 0.15) is 17.7 Å². The van der Waals surface area contributed by atoms with Crippen molar-refractivity contribution in [2.75, 3.05) is 6.61 Å². The van der Waals surface area contributed by atoms with Gasteiger partial charge >= 0.3 is 6.09 Å². The Kier molecular flexibility index (Phi) is 6.26. The fraction of sp³-hybridized carbons (Fsp3) is 0.727. The number of ether oxygens (including phenoxy) is 1. The van der Waals surface area contributed by atoms with Gasteiger partial charge in [-0.05, 0) is 27.7 Å². The monoisotopic (exact) mass is 275 g/mol. The molecule has 0 unspecified atom stereocenters. The molecule has 0 fully saturated rings. The van der Waals surface area contributed by atoms with Crippen LogP contribution in [0.2, 0.25) is 0 Å². The van der Waals surface area contributed by atoms with Gasteiger partial charge in [0.15, 0.2) is 0 Å². The molecule has 0 aromatic heterocycles. The zero-order chi connectivity index (χ0) is 15.2. The molecule has 2 atom stereocenters. The standard InChI is InChI=1S/C11H21N3O5/c1-6(8(12)16)13-9(17)7(5-15)14-10(18)19-11(2,3)4/h6-7,15H,5H2,1-4H3,(H2,12,16)(H,13,17)(H,14,18)/t6-,7-/m0/s1. The number of carbonyl (C=O) groups is 3. The van der Waals surface area contributed by atoms with Crippen LogP contribution in [0.4, 0.5) is 4.79 Å². The van der Waals surface area contributed by atoms with Crippen molar-refractivity contribution in [2.24, 2.45) is 5.73 Å². The van der Waals surface area contributed by atoms with E-state index in [1.807, 2.05) is 0 Å². The molecule has 0 aromatic carbocycles. The average Bonchev–Trinajstić information content (AvgIpc) is 2.22. The van der Waals surface area contributed by atoms with Gasteiger partial charge in [0, 0.05) is 0 Å². The van der Waals surface area contributed by atoms with Crippen LogP contribution in [0.3, 0.4) is 0 Å². The quantitative estimate of drug-likeness (QED) is 0.504. The molecule has 0 saturated heterocycles. The summed E-state index contributed by atoms with van der Waals surface area (Å²) >= 11 is 0. The number of amides is 3. The number of nitrogens with one attached hydrogen (secondary N) is 2. The van der Waals surface area contributed by atoms with Gasteiger partial charge in [-0.25, -0.2) is 4.79 Å². The molecule has 19 heavy (non-hydrogen) atoms. The molecule has 0 aliphatic carbocycles. The SMILES string of the molecule is C[C@H](NC(=O)[C@H](CO)NC(=O)OC(C)(C)C)C(N)=O. The molecule has 0 heterocycles. The van der Waals surface area contributed by atoms with Crippen LogP contribution in [-0.4, -0.2) is 47.3 Å². The highest BCUT2D eigenvalue weighted by Crippen LogP contribution is 2.06. The van der Waals surface area contributed by atoms with Gasteiger partial charge in [0.2, 0.25) is 11.8 Å². The number of primary amides is 1. The number of aliphatic hydroxyl groups excluding tert-OH is 1. The lowest BCUT2D eigenvalue weighted by Crippen LogP contribution is -2.54. The lowest BCUT2D eigenvalue weighted by atomic mass is 10.2. The van der Waals surface area contributed by atoms with Crippen LogP contribution >= 0.6 is 0 Å². The Bertz CT molecular complexity index is 351. The number of hydrogen-bond acceptors (Lipinski definition) is 5. The molecular formula is C11H21N3O5. The summed E-state index contributed by atoms with van der Waals surface area (Å²) in [6, 6.07) is -2.11. The summed E-state index contributed by atoms with van der Waals surface area (Å²) in [6.07, 6.45) is -0.839. The highest BCUT2D eigenvalue weighted by atomic mass is 16.6. The molecule has 0 rings (SSSR count). The number of aliphatic hydroxyl groups is 1. The molecule has 3 amide bonds. The van der Waals surface area contributed by atoms with E-state index in [-0.39, 0.29) is 0 Å². The largest absolute Gasteiger partial charge is 0.444 e. The summed E-state index contributed by atoms with van der Waals surface area (Å²) in [5.74, 6) is -1.44. The third kappa shape index (κ3) is 7.24. The number of carbonyl (C=O) groups excluding carboxylic acids is 3. The molecule has 5 N–H and O–H groups in total. The van der Waals surface area contributed by atoms with Crippen molar-refractivity contribution in [3.05, 3.63) is 0 Å². The van der Waals surface area contributed by atoms with Gasteiger partial charge < -0.3 is 26.2 Å². The smallest absolute Gasteiger partial charge is 0.408 e. The van der Waals surface area contributed by atoms with Gasteiger partial charge in [-0.15, -0.1) is 0 Å². The van der Waals surface area contributed by atoms with Crippen molar-refractivity contribution < 1.29 is 24.2 Å². The third-order valence-corrected chi connectivity index (χ3v) is 1.98. The van der Waals surface area contributed by atoms with Crippen molar-refractivity contribution in [3.8, 4) is 0 Å². The molecule has 110 valence electrons. The van der Waals surface area contributed by atoms with E-state index < -0.39 is 42.2 Å². The molecule has 0 saturated carbocycles. The topological polar surface area (TPSA) is 131 Å². The molecule has 0 aromatic rings. The fourth-order valence-corrected chi connectivity index (χ4v) is 1.03. The minimum absolute atomic E-state index is 0.628. The van der Waals surface area contributed by atoms with Gasteiger partial charge in [0.25, 0.3) is 0 Å². The molecule has 0 spiro atoms. The Morgan fingerprint density at radius 3 is 2.16 bits per heavy atom. The maximum absolute atomic E-state index is 11.6. The van der Waals surface area contributed by atoms with Crippen molar-refractivity contribution in [2.45, 2.75) is 45.4 Å². The van der Waals surface area contributed by atoms with E-state index >= 15 is 0 Å². The summed E-state index contributed by atoms with van der Waals surface area (Å²) in [4.78, 5) is 33.9. The van der Waals surface area contributed by atoms with Crippen LogP contribution in [0, 0.1) is 0 Å². The van der Waals surface area contributed by atoms with Crippen molar-refractivity contribution >= 4 is 17.9 Å². The first-order chi connectivity index (χ1) is 8.56. The fourth-order valence-electron chi connectivity index (χ4n) is 1.03. The lowest BCUT2D eigenvalue weighted by molar-refractivity contribution is -0.128. The second-order valence-corrected chi connectivity index (χ2v) is 5.01. The van der Waals surface area contributed by atoms with E-state index in [0.717, 1.165) is 0 Å². The predicted octanol–water partition coefficient (Wildman–Crippen LogP) is -1.14. The summed E-state index contributed by atoms with van der Waals surface area (Å²) in [5, 5.41) is 13.5. The second kappa shape index (κ2) is 6.93. The van der Waals surface area contributed by atoms with E-state index in [2.05, 4.69) is 10.6 Å². The maximum atomic E-state index is 11.6. The molecule has 8 nitrogen and oxygen atoms in total. The van der Waals surface area contributed by atoms with Crippen molar-refractivity contribution in [3.63, 3.8) is 0 Å². The van der Waals surface area contributed by atoms with E-state index in [1.54, 1.807) is 20.8 Å². The molecule has 8 heteroatoms. The predicted molar refractivity (Wildman–Crippen MR) is 67.0 cm³/mol. The Hall–Kier alpha value is -1.83. The zero-order valence-electron chi connectivity index (χ0n) is 11.5. The first-order valence-electron chi connectivity index (χ1n) is 5.77. The number of nitrogens with two attached hydrogens (primary N) is 1. The molecule has 0 aliphatic rings. The van der Waals surface area contributed by atoms with Crippen molar-refractivity contribution in [1.29, 1.82) is 0 Å². The van der Waals surface area contributed by atoms with Gasteiger partial charge in [-0.1, -0.05) is 0 Å². The summed E-state index contributed by atoms with van der Waals surface area (Å²) in [7, 11) is 0. The Labute approximate surface area is 111 Å². The Morgan fingerprint density at radius 2 is 1.79 bits per heavy atom. The van der Waals surface area contributed by atoms with Crippen LogP contribution in [0.25, 0.3) is 0 Å². The number of rotatable bonds is 5. The third-order valence-electron chi connectivity index (χ3n) is 1.98. The van der Waals surface area contributed by atoms with Gasteiger partial charge in [-0.3, -0.25) is 9.59 Å². The first-order valence-corrected chi connectivity index (χ1v) is 5.77. The minimum atomic E-state index is -1.21. The maximum Gasteiger partial charge on any atom is 0.408 e. The molecule has 0 bridgehead atoms. The summed E-state index contributed by atoms with van der Waals surface area (Å²) in [5.41, 5.74) is 4.26. The lowest BCUT2D eigenvalue weighted by Gasteiger charge is -2.23. The Morgan fingerprint density at radius 1 is 1.26 bits per heavy atom. The highest BCUT2D eigenvalue weighted by Gasteiger charge is 2.25. The molecule has 0 radical (unpaired) electrons. The average molecular weight is 275 g/mol. The van der Waals surface area contributed by atoms with E-state index in [4.69, 9.17) is 15.6 Å². The Balaban J connectivity index is 4.46. The normalized spacial score (nSPS) is 14.2.